The fraction of sp³-hybridized carbons (Fsp3) is 0.375. The van der Waals surface area contributed by atoms with E-state index in [9.17, 15) is 49.2 Å². The Hall–Kier alpha value is -7.03. The van der Waals surface area contributed by atoms with E-state index in [-0.39, 0.29) is 82.8 Å². The third-order valence-electron chi connectivity index (χ3n) is 11.4. The Balaban J connectivity index is 0.865. The van der Waals surface area contributed by atoms with Gasteiger partial charge in [0.05, 0.1) is 47.0 Å². The van der Waals surface area contributed by atoms with Crippen molar-refractivity contribution in [2.45, 2.75) is 56.2 Å². The summed E-state index contributed by atoms with van der Waals surface area (Å²) in [6.45, 7) is 2.54. The molecule has 2 saturated heterocycles. The van der Waals surface area contributed by atoms with Crippen LogP contribution in [0.2, 0.25) is 0 Å². The van der Waals surface area contributed by atoms with Crippen LogP contribution in [0.4, 0.5) is 27.8 Å². The summed E-state index contributed by atoms with van der Waals surface area (Å²) in [7, 11) is 5.85. The number of primary amides is 1. The minimum Gasteiger partial charge on any atom is -0.505 e. The molecule has 0 spiro atoms. The summed E-state index contributed by atoms with van der Waals surface area (Å²) in [6.07, 6.45) is 0.775. The van der Waals surface area contributed by atoms with Crippen molar-refractivity contribution in [2.75, 3.05) is 60.0 Å². The number of aliphatic carboxylic acids is 2. The van der Waals surface area contributed by atoms with Crippen molar-refractivity contribution in [1.29, 1.82) is 0 Å². The van der Waals surface area contributed by atoms with Crippen molar-refractivity contribution in [3.05, 3.63) is 69.5 Å². The predicted molar refractivity (Wildman–Crippen MR) is 243 cm³/mol. The molecule has 7 rings (SSSR count). The van der Waals surface area contributed by atoms with E-state index in [0.717, 1.165) is 17.1 Å². The highest BCUT2D eigenvalue weighted by molar-refractivity contribution is 8.76. The van der Waals surface area contributed by atoms with Crippen LogP contribution in [0.15, 0.2) is 41.5 Å². The summed E-state index contributed by atoms with van der Waals surface area (Å²) in [5, 5.41) is 53.6. The molecule has 3 amide bonds. The van der Waals surface area contributed by atoms with Crippen LogP contribution in [0.3, 0.4) is 0 Å². The smallest absolute Gasteiger partial charge is 0.409 e. The maximum Gasteiger partial charge on any atom is 0.409 e. The number of carboxylic acids is 2. The molecule has 6 atom stereocenters. The number of aromatic amines is 1. The number of aromatic nitrogens is 4. The van der Waals surface area contributed by atoms with Crippen molar-refractivity contribution in [2.24, 2.45) is 5.73 Å². The van der Waals surface area contributed by atoms with Gasteiger partial charge in [0, 0.05) is 61.0 Å². The van der Waals surface area contributed by atoms with Crippen LogP contribution in [0.5, 0.6) is 11.5 Å². The maximum atomic E-state index is 12.9. The lowest BCUT2D eigenvalue weighted by atomic mass is 9.94. The van der Waals surface area contributed by atoms with Gasteiger partial charge in [0.25, 0.3) is 11.5 Å². The summed E-state index contributed by atoms with van der Waals surface area (Å²) in [5.41, 5.74) is 11.8. The number of carboxylic acid groups (broad SMARTS) is 2. The summed E-state index contributed by atoms with van der Waals surface area (Å²) in [4.78, 5) is 92.1. The second-order valence-electron chi connectivity index (χ2n) is 15.4. The molecule has 2 aromatic heterocycles. The molecule has 5 heterocycles. The van der Waals surface area contributed by atoms with E-state index >= 15 is 0 Å². The number of hydrogen-bond donors (Lipinski definition) is 11. The first kappa shape index (κ1) is 46.9. The predicted octanol–water partition coefficient (Wildman–Crippen LogP) is 0.948. The highest BCUT2D eigenvalue weighted by atomic mass is 33.1. The Kier molecular flexibility index (Phi) is 13.7. The van der Waals surface area contributed by atoms with Gasteiger partial charge in [-0.3, -0.25) is 24.3 Å². The molecule has 4 aromatic rings. The Morgan fingerprint density at radius 3 is 2.45 bits per heavy atom. The number of methoxy groups -OCH3 is 1. The molecule has 26 heteroatoms. The zero-order valence-corrected chi connectivity index (χ0v) is 37.1. The van der Waals surface area contributed by atoms with Crippen LogP contribution in [0, 0.1) is 6.92 Å². The number of nitrogens with two attached hydrogens (primary N) is 2. The lowest BCUT2D eigenvalue weighted by Gasteiger charge is -2.36. The first-order valence-corrected chi connectivity index (χ1v) is 22.6. The molecule has 3 aliphatic rings. The quantitative estimate of drug-likeness (QED) is 0.0147. The molecule has 24 nitrogen and oxygen atoms in total. The molecule has 2 aromatic carbocycles. The van der Waals surface area contributed by atoms with E-state index in [1.54, 1.807) is 19.1 Å². The minimum absolute atomic E-state index is 0.0181. The molecule has 350 valence electrons. The maximum absolute atomic E-state index is 12.9. The van der Waals surface area contributed by atoms with Crippen molar-refractivity contribution in [1.82, 2.24) is 35.5 Å². The molecule has 0 radical (unpaired) electrons. The number of nitrogens with zero attached hydrogens (tertiary/aromatic N) is 5. The van der Waals surface area contributed by atoms with Crippen LogP contribution in [-0.2, 0) is 30.4 Å². The van der Waals surface area contributed by atoms with Crippen LogP contribution in [0.1, 0.15) is 40.0 Å². The van der Waals surface area contributed by atoms with E-state index in [0.29, 0.717) is 40.5 Å². The van der Waals surface area contributed by atoms with Gasteiger partial charge in [-0.1, -0.05) is 21.6 Å². The molecule has 0 bridgehead atoms. The number of fused-ring (bicyclic) bond motifs is 6. The number of aromatic hydroxyl groups is 2. The van der Waals surface area contributed by atoms with Crippen LogP contribution >= 0.6 is 21.6 Å². The third kappa shape index (κ3) is 9.24. The van der Waals surface area contributed by atoms with Crippen LogP contribution < -0.4 is 43.2 Å². The molecule has 3 aliphatic heterocycles. The Morgan fingerprint density at radius 1 is 1.05 bits per heavy atom. The third-order valence-corrected chi connectivity index (χ3v) is 13.8. The Bertz CT molecular complexity index is 2690. The number of anilines is 4. The second-order valence-corrected chi connectivity index (χ2v) is 18.0. The first-order chi connectivity index (χ1) is 31.5. The Labute approximate surface area is 382 Å². The van der Waals surface area contributed by atoms with Gasteiger partial charge in [-0.05, 0) is 44.7 Å². The highest BCUT2D eigenvalue weighted by Crippen LogP contribution is 2.65. The minimum atomic E-state index is -1.46. The number of amides is 3. The highest BCUT2D eigenvalue weighted by Gasteiger charge is 2.73. The zero-order chi connectivity index (χ0) is 47.6. The van der Waals surface area contributed by atoms with Crippen LogP contribution in [-0.4, -0.2) is 144 Å². The summed E-state index contributed by atoms with van der Waals surface area (Å²) in [5.74, 6) is -4.22. The number of nitrogen functional groups attached to an aromatic ring is 1. The number of likely N-dealkylation sites (N-methyl/N-ethyl adjacent to an activating group) is 1. The largest absolute Gasteiger partial charge is 0.505 e. The van der Waals surface area contributed by atoms with Gasteiger partial charge in [-0.25, -0.2) is 24.4 Å². The normalized spacial score (nSPS) is 20.4. The number of nitrogens with one attached hydrogen (secondary N) is 5. The molecule has 2 fully saturated rings. The fourth-order valence-electron chi connectivity index (χ4n) is 8.15. The van der Waals surface area contributed by atoms with Gasteiger partial charge >= 0.3 is 18.0 Å². The van der Waals surface area contributed by atoms with E-state index in [1.165, 1.54) is 36.2 Å². The molecule has 66 heavy (non-hydrogen) atoms. The van der Waals surface area contributed by atoms with E-state index in [4.69, 9.17) is 20.9 Å². The lowest BCUT2D eigenvalue weighted by molar-refractivity contribution is -0.142. The number of phenols is 2. The molecular weight excluding hydrogens is 905 g/mol. The number of hydrogen-bond acceptors (Lipinski definition) is 20. The lowest BCUT2D eigenvalue weighted by Crippen LogP contribution is -2.50. The zero-order valence-electron chi connectivity index (χ0n) is 35.5. The number of piperazine rings is 1. The van der Waals surface area contributed by atoms with Gasteiger partial charge in [-0.2, -0.15) is 4.98 Å². The number of carbonyl (C=O) groups excluding carboxylic acids is 3. The van der Waals surface area contributed by atoms with Crippen molar-refractivity contribution in [3.8, 4) is 11.5 Å². The van der Waals surface area contributed by atoms with Gasteiger partial charge < -0.3 is 67.5 Å². The number of phenolic OH excluding ortho intramolecular Hbond substituents is 2. The summed E-state index contributed by atoms with van der Waals surface area (Å²) < 4.78 is 11.1. The van der Waals surface area contributed by atoms with Gasteiger partial charge in [0.2, 0.25) is 11.9 Å². The van der Waals surface area contributed by atoms with Crippen molar-refractivity contribution in [3.63, 3.8) is 0 Å². The molecule has 0 saturated carbocycles. The molecule has 13 N–H and O–H groups in total. The average molecular weight is 951 g/mol. The fourth-order valence-corrected chi connectivity index (χ4v) is 10.2. The van der Waals surface area contributed by atoms with E-state index in [2.05, 4.69) is 46.1 Å². The van der Waals surface area contributed by atoms with Gasteiger partial charge in [-0.15, -0.1) is 0 Å². The SMILES string of the molecule is CO[C@@]12C(=COC(N)=O)c3c(O)c(NCCSSCC(NC(=O)CCC(NC(=O)c4ccc(NCc5cnc6nc(N)[nH]c(=O)c6n5)cc4)C(=O)O)C(=O)O)c(C)c(O)c3N1C[C@H]1[C@@H]2N1C. The average Bonchev–Trinajstić information content (AvgIpc) is 3.63. The monoisotopic (exact) mass is 950 g/mol. The summed E-state index contributed by atoms with van der Waals surface area (Å²) >= 11 is 0. The second kappa shape index (κ2) is 19.2. The number of carbonyl (C=O) groups is 5. The first-order valence-electron chi connectivity index (χ1n) is 20.2. The number of rotatable bonds is 20. The topological polar surface area (TPSA) is 363 Å². The standard InChI is InChI=1S/C40H46N12O12S2/c1-17-27(31(55)26-21(15-64-39(42)62)40(63-3)32-24(51(32)2)14-52(40)29(26)30(17)54)43-10-11-65-66-16-23(37(60)61)47-25(53)9-8-22(36(58)59)48-34(56)18-4-6-19(7-5-18)44-12-20-13-45-33-28(46-20)35(57)50-38(41)49-33/h4-7,13,15,22-24,32,43-44,54-55H,8-12,14,16H2,1-3H3,(H2,42,62)(H,47,53)(H,48,56)(H,58,59)(H,60,61)(H3,41,45,49,50,57)/t22?,23?,24-,32-,40+,51?/m0/s1. The Morgan fingerprint density at radius 2 is 1.77 bits per heavy atom. The molecule has 3 unspecified atom stereocenters. The summed E-state index contributed by atoms with van der Waals surface area (Å²) in [6, 6.07) is 3.23. The van der Waals surface area contributed by atoms with Gasteiger partial charge in [0.15, 0.2) is 16.9 Å². The number of ether oxygens (including phenoxy) is 2. The molecule has 0 aliphatic carbocycles. The van der Waals surface area contributed by atoms with Crippen molar-refractivity contribution < 1.29 is 53.9 Å². The van der Waals surface area contributed by atoms with Gasteiger partial charge in [0.1, 0.15) is 29.8 Å². The van der Waals surface area contributed by atoms with Crippen molar-refractivity contribution >= 4 is 91.2 Å². The number of H-pyrrole nitrogens is 1. The molecular formula is C40H46N12O12S2. The van der Waals surface area contributed by atoms with Crippen LogP contribution in [0.25, 0.3) is 16.7 Å². The van der Waals surface area contributed by atoms with E-state index < -0.39 is 59.6 Å². The van der Waals surface area contributed by atoms with E-state index in [1.807, 2.05) is 11.9 Å². The number of benzene rings is 2.